The molecule has 0 fully saturated rings. The van der Waals surface area contributed by atoms with E-state index in [-0.39, 0.29) is 5.75 Å². The fraction of sp³-hybridized carbons (Fsp3) is 0.0500. The monoisotopic (exact) mass is 398 g/mol. The Hall–Kier alpha value is -3.29. The molecular weight excluding hydrogens is 386 g/mol. The first kappa shape index (κ1) is 21.0. The number of benzene rings is 2. The molecular formula is C20H12F6O2. The quantitative estimate of drug-likeness (QED) is 0.319. The maximum atomic E-state index is 12.7. The average Bonchev–Trinajstić information content (AvgIpc) is 2.65. The molecule has 28 heavy (non-hydrogen) atoms. The largest absolute Gasteiger partial charge is 0.428 e. The molecule has 0 aromatic heterocycles. The first-order chi connectivity index (χ1) is 13.1. The molecule has 0 atom stereocenters. The van der Waals surface area contributed by atoms with Crippen LogP contribution in [0.5, 0.6) is 5.75 Å². The molecule has 0 aliphatic carbocycles. The van der Waals surface area contributed by atoms with Crippen molar-refractivity contribution in [1.82, 2.24) is 0 Å². The summed E-state index contributed by atoms with van der Waals surface area (Å²) in [5.41, 5.74) is 0.160. The predicted octanol–water partition coefficient (Wildman–Crippen LogP) is 6.42. The highest BCUT2D eigenvalue weighted by atomic mass is 19.4. The Morgan fingerprint density at radius 2 is 1.25 bits per heavy atom. The van der Waals surface area contributed by atoms with Gasteiger partial charge in [-0.3, -0.25) is 4.79 Å². The second-order valence-electron chi connectivity index (χ2n) is 5.39. The third-order valence-corrected chi connectivity index (χ3v) is 3.35. The Morgan fingerprint density at radius 3 is 1.68 bits per heavy atom. The molecule has 0 N–H and O–H groups in total. The van der Waals surface area contributed by atoms with Crippen LogP contribution in [-0.4, -0.2) is 5.78 Å². The molecule has 0 aliphatic rings. The Balaban J connectivity index is 1.96. The molecule has 2 nitrogen and oxygen atoms in total. The maximum absolute atomic E-state index is 12.7. The summed E-state index contributed by atoms with van der Waals surface area (Å²) >= 11 is 0. The van der Waals surface area contributed by atoms with Crippen molar-refractivity contribution in [2.45, 2.75) is 6.18 Å². The molecule has 146 valence electrons. The van der Waals surface area contributed by atoms with Crippen LogP contribution >= 0.6 is 0 Å². The highest BCUT2D eigenvalue weighted by Gasteiger charge is 2.29. The molecule has 0 aliphatic heterocycles. The van der Waals surface area contributed by atoms with Crippen molar-refractivity contribution < 1.29 is 35.9 Å². The van der Waals surface area contributed by atoms with E-state index in [2.05, 4.69) is 4.74 Å². The van der Waals surface area contributed by atoms with E-state index in [1.54, 1.807) is 0 Å². The molecule has 2 aromatic carbocycles. The van der Waals surface area contributed by atoms with Crippen molar-refractivity contribution in [2.24, 2.45) is 0 Å². The number of hydrogen-bond donors (Lipinski definition) is 0. The van der Waals surface area contributed by atoms with E-state index < -0.39 is 29.6 Å². The number of rotatable bonds is 6. The van der Waals surface area contributed by atoms with E-state index in [0.29, 0.717) is 11.1 Å². The molecule has 0 radical (unpaired) electrons. The Morgan fingerprint density at radius 1 is 0.786 bits per heavy atom. The van der Waals surface area contributed by atoms with E-state index in [4.69, 9.17) is 0 Å². The zero-order valence-electron chi connectivity index (χ0n) is 14.0. The lowest BCUT2D eigenvalue weighted by Gasteiger charge is -2.05. The second-order valence-corrected chi connectivity index (χ2v) is 5.39. The molecule has 2 aromatic rings. The van der Waals surface area contributed by atoms with Gasteiger partial charge in [-0.25, -0.2) is 0 Å². The second kappa shape index (κ2) is 9.07. The van der Waals surface area contributed by atoms with Crippen molar-refractivity contribution in [1.29, 1.82) is 0 Å². The van der Waals surface area contributed by atoms with Crippen LogP contribution in [0, 0.1) is 0 Å². The predicted molar refractivity (Wildman–Crippen MR) is 91.9 cm³/mol. The fourth-order valence-corrected chi connectivity index (χ4v) is 1.98. The smallest absolute Gasteiger partial charge is 0.416 e. The first-order valence-electron chi connectivity index (χ1n) is 7.71. The number of ketones is 1. The zero-order chi connectivity index (χ0) is 20.7. The van der Waals surface area contributed by atoms with E-state index >= 15 is 0 Å². The molecule has 8 heteroatoms. The van der Waals surface area contributed by atoms with Gasteiger partial charge in [0.05, 0.1) is 5.56 Å². The maximum Gasteiger partial charge on any atom is 0.416 e. The van der Waals surface area contributed by atoms with Crippen LogP contribution in [0.15, 0.2) is 72.8 Å². The van der Waals surface area contributed by atoms with Crippen molar-refractivity contribution in [2.75, 3.05) is 0 Å². The van der Waals surface area contributed by atoms with Gasteiger partial charge in [-0.2, -0.15) is 26.3 Å². The summed E-state index contributed by atoms with van der Waals surface area (Å²) < 4.78 is 78.2. The zero-order valence-corrected chi connectivity index (χ0v) is 14.0. The molecule has 0 amide bonds. The SMILES string of the molecule is O=C(C=Cc1ccc(OC(F)=C(F)F)cc1)C=Cc1ccc(C(F)(F)F)cc1. The van der Waals surface area contributed by atoms with E-state index in [1.165, 1.54) is 60.7 Å². The minimum Gasteiger partial charge on any atom is -0.428 e. The van der Waals surface area contributed by atoms with Crippen molar-refractivity contribution in [3.8, 4) is 5.75 Å². The number of alkyl halides is 3. The summed E-state index contributed by atoms with van der Waals surface area (Å²) in [6.07, 6.45) is -1.83. The Bertz CT molecular complexity index is 903. The highest BCUT2D eigenvalue weighted by molar-refractivity contribution is 6.04. The molecule has 0 saturated carbocycles. The Kier molecular flexibility index (Phi) is 6.81. The lowest BCUT2D eigenvalue weighted by atomic mass is 10.1. The molecule has 0 bridgehead atoms. The van der Waals surface area contributed by atoms with Gasteiger partial charge in [0.1, 0.15) is 5.75 Å². The number of allylic oxidation sites excluding steroid dienone is 2. The first-order valence-corrected chi connectivity index (χ1v) is 7.71. The van der Waals surface area contributed by atoms with Crippen LogP contribution in [-0.2, 0) is 11.0 Å². The van der Waals surface area contributed by atoms with Crippen LogP contribution in [0.1, 0.15) is 16.7 Å². The minimum atomic E-state index is -4.43. The van der Waals surface area contributed by atoms with Gasteiger partial charge in [0, 0.05) is 0 Å². The standard InChI is InChI=1S/C20H12F6O2/c21-18(22)19(23)28-17-11-5-14(6-12-17)4-10-16(27)9-3-13-1-7-15(8-2-13)20(24,25)26/h1-12H. The van der Waals surface area contributed by atoms with Gasteiger partial charge in [-0.15, -0.1) is 0 Å². The number of carbonyl (C=O) groups is 1. The fourth-order valence-electron chi connectivity index (χ4n) is 1.98. The van der Waals surface area contributed by atoms with E-state index in [0.717, 1.165) is 12.1 Å². The third-order valence-electron chi connectivity index (χ3n) is 3.35. The molecule has 0 unspecified atom stereocenters. The van der Waals surface area contributed by atoms with Crippen LogP contribution in [0.3, 0.4) is 0 Å². The van der Waals surface area contributed by atoms with Crippen molar-refractivity contribution in [3.63, 3.8) is 0 Å². The molecule has 0 spiro atoms. The van der Waals surface area contributed by atoms with Crippen LogP contribution in [0.4, 0.5) is 26.3 Å². The van der Waals surface area contributed by atoms with Crippen LogP contribution < -0.4 is 4.74 Å². The van der Waals surface area contributed by atoms with E-state index in [9.17, 15) is 31.1 Å². The molecule has 2 rings (SSSR count). The number of carbonyl (C=O) groups excluding carboxylic acids is 1. The summed E-state index contributed by atoms with van der Waals surface area (Å²) in [6.45, 7) is 0. The minimum absolute atomic E-state index is 0.143. The Labute approximate surface area is 156 Å². The van der Waals surface area contributed by atoms with Gasteiger partial charge in [0.25, 0.3) is 0 Å². The van der Waals surface area contributed by atoms with Gasteiger partial charge in [-0.1, -0.05) is 36.4 Å². The number of halogens is 6. The summed E-state index contributed by atoms with van der Waals surface area (Å²) in [5.74, 6) is -0.565. The average molecular weight is 398 g/mol. The summed E-state index contributed by atoms with van der Waals surface area (Å²) in [7, 11) is 0. The normalized spacial score (nSPS) is 11.8. The number of ether oxygens (including phenoxy) is 1. The summed E-state index contributed by atoms with van der Waals surface area (Å²) in [4.78, 5) is 11.8. The van der Waals surface area contributed by atoms with Gasteiger partial charge in [0.15, 0.2) is 5.78 Å². The topological polar surface area (TPSA) is 26.3 Å². The third kappa shape index (κ3) is 6.46. The van der Waals surface area contributed by atoms with Gasteiger partial charge in [0.2, 0.25) is 0 Å². The van der Waals surface area contributed by atoms with Gasteiger partial charge < -0.3 is 4.74 Å². The summed E-state index contributed by atoms with van der Waals surface area (Å²) in [5, 5.41) is 0. The highest BCUT2D eigenvalue weighted by Crippen LogP contribution is 2.29. The van der Waals surface area contributed by atoms with Gasteiger partial charge >= 0.3 is 18.3 Å². The molecule has 0 saturated heterocycles. The van der Waals surface area contributed by atoms with Crippen molar-refractivity contribution in [3.05, 3.63) is 89.5 Å². The van der Waals surface area contributed by atoms with Crippen LogP contribution in [0.2, 0.25) is 0 Å². The lowest BCUT2D eigenvalue weighted by molar-refractivity contribution is -0.137. The number of hydrogen-bond acceptors (Lipinski definition) is 2. The van der Waals surface area contributed by atoms with E-state index in [1.807, 2.05) is 0 Å². The van der Waals surface area contributed by atoms with Crippen LogP contribution in [0.25, 0.3) is 12.2 Å². The van der Waals surface area contributed by atoms with Crippen molar-refractivity contribution >= 4 is 17.9 Å². The summed E-state index contributed by atoms with van der Waals surface area (Å²) in [6, 6.07) is 7.63. The lowest BCUT2D eigenvalue weighted by Crippen LogP contribution is -2.03. The van der Waals surface area contributed by atoms with Gasteiger partial charge in [-0.05, 0) is 47.5 Å². The molecule has 0 heterocycles.